The predicted molar refractivity (Wildman–Crippen MR) is 209 cm³/mol. The smallest absolute Gasteiger partial charge is 0.272 e. The summed E-state index contributed by atoms with van der Waals surface area (Å²) in [6.45, 7) is 11.6. The van der Waals surface area contributed by atoms with Crippen molar-refractivity contribution in [1.29, 1.82) is 5.26 Å². The predicted octanol–water partition coefficient (Wildman–Crippen LogP) is 5.31. The molecule has 0 spiro atoms. The maximum atomic E-state index is 13.4. The van der Waals surface area contributed by atoms with Crippen LogP contribution in [-0.4, -0.2) is 93.5 Å². The third-order valence-corrected chi connectivity index (χ3v) is 12.3. The van der Waals surface area contributed by atoms with E-state index >= 15 is 0 Å². The number of piperidine rings is 2. The van der Waals surface area contributed by atoms with Gasteiger partial charge in [0.25, 0.3) is 17.7 Å². The Morgan fingerprint density at radius 3 is 2.37 bits per heavy atom. The molecule has 1 aliphatic carbocycles. The summed E-state index contributed by atoms with van der Waals surface area (Å²) < 4.78 is 14.2. The minimum Gasteiger partial charge on any atom is -0.494 e. The lowest BCUT2D eigenvalue weighted by atomic mass is 9.49. The fourth-order valence-corrected chi connectivity index (χ4v) is 9.43. The van der Waals surface area contributed by atoms with Crippen molar-refractivity contribution in [2.45, 2.75) is 96.9 Å². The van der Waals surface area contributed by atoms with Gasteiger partial charge in [0.2, 0.25) is 11.8 Å². The number of halogens is 1. The van der Waals surface area contributed by atoms with Crippen LogP contribution in [0, 0.1) is 22.2 Å². The number of likely N-dealkylation sites (tertiary alicyclic amines) is 1. The normalized spacial score (nSPS) is 23.0. The maximum Gasteiger partial charge on any atom is 0.272 e. The Hall–Kier alpha value is -5.26. The van der Waals surface area contributed by atoms with Crippen LogP contribution in [-0.2, 0) is 9.59 Å². The minimum absolute atomic E-state index is 0.0726. The molecule has 15 heteroatoms. The second-order valence-corrected chi connectivity index (χ2v) is 17.0. The number of ether oxygens (including phenoxy) is 2. The van der Waals surface area contributed by atoms with Crippen molar-refractivity contribution in [2.24, 2.45) is 10.8 Å². The van der Waals surface area contributed by atoms with Crippen molar-refractivity contribution in [3.63, 3.8) is 0 Å². The summed E-state index contributed by atoms with van der Waals surface area (Å²) in [7, 11) is 0. The van der Waals surface area contributed by atoms with Gasteiger partial charge in [-0.15, -0.1) is 0 Å². The van der Waals surface area contributed by atoms with Crippen molar-refractivity contribution in [3.8, 4) is 17.6 Å². The van der Waals surface area contributed by atoms with Crippen LogP contribution in [0.1, 0.15) is 115 Å². The van der Waals surface area contributed by atoms with Crippen molar-refractivity contribution in [3.05, 3.63) is 76.1 Å². The van der Waals surface area contributed by atoms with Gasteiger partial charge >= 0.3 is 0 Å². The molecule has 1 aromatic heterocycles. The van der Waals surface area contributed by atoms with Gasteiger partial charge in [-0.2, -0.15) is 10.4 Å². The highest BCUT2D eigenvalue weighted by Gasteiger charge is 2.64. The van der Waals surface area contributed by atoms with Gasteiger partial charge in [0, 0.05) is 48.6 Å². The topological polar surface area (TPSA) is 176 Å². The number of carbonyl (C=O) groups is 5. The first-order chi connectivity index (χ1) is 27.2. The van der Waals surface area contributed by atoms with Crippen LogP contribution in [0.15, 0.2) is 48.7 Å². The number of imide groups is 2. The Kier molecular flexibility index (Phi) is 11.2. The Bertz CT molecular complexity index is 2120. The number of hydrogen-bond acceptors (Lipinski definition) is 10. The molecule has 5 amide bonds. The lowest BCUT2D eigenvalue weighted by Gasteiger charge is -2.63. The lowest BCUT2D eigenvalue weighted by Crippen LogP contribution is -2.74. The molecular formula is C42H48ClN7O7. The Morgan fingerprint density at radius 1 is 0.947 bits per heavy atom. The molecule has 3 aromatic rings. The van der Waals surface area contributed by atoms with Crippen LogP contribution in [0.4, 0.5) is 0 Å². The number of nitrogens with zero attached hydrogens (tertiary/aromatic N) is 5. The molecular weight excluding hydrogens is 750 g/mol. The summed E-state index contributed by atoms with van der Waals surface area (Å²) in [6.07, 6.45) is 6.57. The fraction of sp³-hybridized carbons (Fsp3) is 0.500. The van der Waals surface area contributed by atoms with E-state index in [-0.39, 0.29) is 58.9 Å². The van der Waals surface area contributed by atoms with Crippen molar-refractivity contribution in [2.75, 3.05) is 26.2 Å². The van der Waals surface area contributed by atoms with Crippen LogP contribution < -0.4 is 20.1 Å². The molecule has 4 heterocycles. The highest BCUT2D eigenvalue weighted by molar-refractivity contribution is 6.31. The first kappa shape index (κ1) is 40.0. The second kappa shape index (κ2) is 15.9. The number of rotatable bonds is 13. The van der Waals surface area contributed by atoms with E-state index < -0.39 is 29.7 Å². The minimum atomic E-state index is -0.999. The molecule has 4 aliphatic rings. The van der Waals surface area contributed by atoms with Crippen molar-refractivity contribution in [1.82, 2.24) is 30.2 Å². The number of benzene rings is 2. The molecule has 3 aliphatic heterocycles. The Labute approximate surface area is 336 Å². The van der Waals surface area contributed by atoms with Crippen molar-refractivity contribution < 1.29 is 33.4 Å². The third kappa shape index (κ3) is 7.87. The summed E-state index contributed by atoms with van der Waals surface area (Å²) >= 11 is 6.24. The quantitative estimate of drug-likeness (QED) is 0.170. The number of nitrogens with one attached hydrogen (secondary N) is 2. The van der Waals surface area contributed by atoms with E-state index in [9.17, 15) is 29.2 Å². The van der Waals surface area contributed by atoms with E-state index in [1.165, 1.54) is 0 Å². The van der Waals surface area contributed by atoms with E-state index in [0.29, 0.717) is 34.4 Å². The summed E-state index contributed by atoms with van der Waals surface area (Å²) in [6, 6.07) is 12.7. The second-order valence-electron chi connectivity index (χ2n) is 16.6. The zero-order chi connectivity index (χ0) is 40.6. The standard InChI is InChI=1S/C42H48ClN7O7/c1-41(2)39(42(3,4)40(41)57-28-9-8-25(24-44)31(43)23-28)46-35(52)32-16-20-49(47-32)26-14-18-48(19-15-26)17-6-5-7-21-56-27-10-11-29-30(22-27)38(55)50(37(29)54)33-12-13-34(51)45-36(33)53/h8-11,16,20,22-23,26,33,39-40H,5-7,12-15,17-19,21H2,1-4H3,(H,46,52)(H,45,51,53). The molecule has 2 aromatic carbocycles. The highest BCUT2D eigenvalue weighted by atomic mass is 35.5. The molecule has 14 nitrogen and oxygen atoms in total. The molecule has 1 unspecified atom stereocenters. The monoisotopic (exact) mass is 797 g/mol. The van der Waals surface area contributed by atoms with Crippen LogP contribution in [0.3, 0.4) is 0 Å². The lowest BCUT2D eigenvalue weighted by molar-refractivity contribution is -0.164. The third-order valence-electron chi connectivity index (χ3n) is 12.0. The van der Waals surface area contributed by atoms with Crippen molar-refractivity contribution >= 4 is 41.1 Å². The molecule has 57 heavy (non-hydrogen) atoms. The average molecular weight is 798 g/mol. The first-order valence-corrected chi connectivity index (χ1v) is 20.0. The van der Waals surface area contributed by atoms with Gasteiger partial charge in [0.05, 0.1) is 34.4 Å². The Balaban J connectivity index is 0.811. The first-order valence-electron chi connectivity index (χ1n) is 19.6. The average Bonchev–Trinajstić information content (AvgIpc) is 3.77. The number of nitriles is 1. The highest BCUT2D eigenvalue weighted by Crippen LogP contribution is 2.55. The van der Waals surface area contributed by atoms with Gasteiger partial charge in [-0.05, 0) is 81.5 Å². The number of amides is 5. The summed E-state index contributed by atoms with van der Waals surface area (Å²) in [4.78, 5) is 66.7. The Morgan fingerprint density at radius 2 is 1.67 bits per heavy atom. The van der Waals surface area contributed by atoms with E-state index in [1.54, 1.807) is 42.5 Å². The van der Waals surface area contributed by atoms with Gasteiger partial charge < -0.3 is 19.7 Å². The maximum absolute atomic E-state index is 13.4. The van der Waals surface area contributed by atoms with E-state index in [4.69, 9.17) is 26.2 Å². The number of fused-ring (bicyclic) bond motifs is 1. The van der Waals surface area contributed by atoms with E-state index in [2.05, 4.69) is 49.3 Å². The van der Waals surface area contributed by atoms with Gasteiger partial charge in [0.15, 0.2) is 0 Å². The number of carbonyl (C=O) groups excluding carboxylic acids is 5. The summed E-state index contributed by atoms with van der Waals surface area (Å²) in [5.41, 5.74) is 0.465. The van der Waals surface area contributed by atoms with Gasteiger partial charge in [0.1, 0.15) is 35.4 Å². The largest absolute Gasteiger partial charge is 0.494 e. The molecule has 0 radical (unpaired) electrons. The number of unbranched alkanes of at least 4 members (excludes halogenated alkanes) is 2. The SMILES string of the molecule is CC1(C)C(NC(=O)c2ccn(C3CCN(CCCCCOc4ccc5c(c4)C(=O)N(C4CCC(=O)NC4=O)C5=O)CC3)n2)C(C)(C)C1Oc1ccc(C#N)c(Cl)c1. The number of hydrogen-bond donors (Lipinski definition) is 2. The van der Waals surface area contributed by atoms with Crippen LogP contribution in [0.25, 0.3) is 0 Å². The van der Waals surface area contributed by atoms with Crippen LogP contribution in [0.5, 0.6) is 11.5 Å². The van der Waals surface area contributed by atoms with E-state index in [1.807, 2.05) is 10.9 Å². The fourth-order valence-electron chi connectivity index (χ4n) is 9.21. The molecule has 2 saturated heterocycles. The summed E-state index contributed by atoms with van der Waals surface area (Å²) in [5.74, 6) is -1.27. The number of aromatic nitrogens is 2. The molecule has 1 atom stereocenters. The molecule has 7 rings (SSSR count). The van der Waals surface area contributed by atoms with Gasteiger partial charge in [-0.1, -0.05) is 39.3 Å². The molecule has 2 N–H and O–H groups in total. The van der Waals surface area contributed by atoms with Gasteiger partial charge in [-0.3, -0.25) is 38.9 Å². The summed E-state index contributed by atoms with van der Waals surface area (Å²) in [5, 5.41) is 19.7. The zero-order valence-corrected chi connectivity index (χ0v) is 33.4. The molecule has 1 saturated carbocycles. The molecule has 300 valence electrons. The van der Waals surface area contributed by atoms with Crippen LogP contribution in [0.2, 0.25) is 5.02 Å². The van der Waals surface area contributed by atoms with E-state index in [0.717, 1.165) is 56.6 Å². The van der Waals surface area contributed by atoms with Gasteiger partial charge in [-0.25, -0.2) is 0 Å². The van der Waals surface area contributed by atoms with Crippen LogP contribution >= 0.6 is 11.6 Å². The zero-order valence-electron chi connectivity index (χ0n) is 32.7. The molecule has 3 fully saturated rings. The molecule has 0 bridgehead atoms.